The summed E-state index contributed by atoms with van der Waals surface area (Å²) in [5.74, 6) is 0.911. The van der Waals surface area contributed by atoms with Crippen LogP contribution < -0.4 is 5.73 Å². The molecular weight excluding hydrogens is 326 g/mol. The van der Waals surface area contributed by atoms with Gasteiger partial charge in [-0.2, -0.15) is 0 Å². The quantitative estimate of drug-likeness (QED) is 0.644. The molecule has 3 rings (SSSR count). The molecule has 2 aromatic carbocycles. The van der Waals surface area contributed by atoms with Crippen molar-refractivity contribution in [3.8, 4) is 11.4 Å². The number of hydrogen-bond acceptors (Lipinski definition) is 2. The lowest BCUT2D eigenvalue weighted by atomic mass is 10.1. The lowest BCUT2D eigenvalue weighted by Gasteiger charge is -2.25. The Bertz CT molecular complexity index is 813. The average Bonchev–Trinajstić information content (AvgIpc) is 2.77. The Balaban J connectivity index is 2.37. The molecule has 108 valence electrons. The van der Waals surface area contributed by atoms with Crippen LogP contribution in [-0.4, -0.2) is 9.55 Å². The first kappa shape index (κ1) is 14.1. The van der Waals surface area contributed by atoms with E-state index >= 15 is 0 Å². The number of nitrogens with zero attached hydrogens (tertiary/aromatic N) is 2. The molecule has 0 aliphatic rings. The SMILES string of the molecule is CC(C)(C)n1c(-c2ccc(Br)cc2N)nc2ccccc21. The van der Waals surface area contributed by atoms with Gasteiger partial charge < -0.3 is 10.3 Å². The molecule has 1 aromatic heterocycles. The van der Waals surface area contributed by atoms with Crippen LogP contribution in [0.3, 0.4) is 0 Å². The molecule has 0 radical (unpaired) electrons. The number of imidazole rings is 1. The Labute approximate surface area is 132 Å². The van der Waals surface area contributed by atoms with Crippen LogP contribution in [0.1, 0.15) is 20.8 Å². The van der Waals surface area contributed by atoms with Gasteiger partial charge in [-0.1, -0.05) is 28.1 Å². The van der Waals surface area contributed by atoms with Gasteiger partial charge in [-0.25, -0.2) is 4.98 Å². The van der Waals surface area contributed by atoms with Crippen molar-refractivity contribution in [2.75, 3.05) is 5.73 Å². The van der Waals surface area contributed by atoms with Crippen LogP contribution in [0.15, 0.2) is 46.9 Å². The van der Waals surface area contributed by atoms with Crippen molar-refractivity contribution in [1.29, 1.82) is 0 Å². The van der Waals surface area contributed by atoms with Gasteiger partial charge in [0.05, 0.1) is 11.0 Å². The Morgan fingerprint density at radius 2 is 1.81 bits per heavy atom. The van der Waals surface area contributed by atoms with Gasteiger partial charge in [-0.05, 0) is 51.1 Å². The molecule has 0 atom stereocenters. The molecule has 0 saturated carbocycles. The fraction of sp³-hybridized carbons (Fsp3) is 0.235. The smallest absolute Gasteiger partial charge is 0.143 e. The van der Waals surface area contributed by atoms with Crippen molar-refractivity contribution < 1.29 is 0 Å². The largest absolute Gasteiger partial charge is 0.398 e. The second kappa shape index (κ2) is 4.88. The van der Waals surface area contributed by atoms with E-state index in [-0.39, 0.29) is 5.54 Å². The van der Waals surface area contributed by atoms with Crippen molar-refractivity contribution in [1.82, 2.24) is 9.55 Å². The van der Waals surface area contributed by atoms with Crippen molar-refractivity contribution in [2.45, 2.75) is 26.3 Å². The zero-order valence-electron chi connectivity index (χ0n) is 12.4. The first-order valence-electron chi connectivity index (χ1n) is 6.91. The summed E-state index contributed by atoms with van der Waals surface area (Å²) in [4.78, 5) is 4.81. The van der Waals surface area contributed by atoms with Gasteiger partial charge in [0.15, 0.2) is 0 Å². The summed E-state index contributed by atoms with van der Waals surface area (Å²) in [5, 5.41) is 0. The molecule has 0 fully saturated rings. The lowest BCUT2D eigenvalue weighted by molar-refractivity contribution is 0.413. The minimum atomic E-state index is -0.0784. The van der Waals surface area contributed by atoms with Crippen molar-refractivity contribution in [2.24, 2.45) is 0 Å². The molecule has 3 aromatic rings. The molecule has 0 aliphatic carbocycles. The molecular formula is C17H18BrN3. The molecule has 4 heteroatoms. The number of para-hydroxylation sites is 2. The van der Waals surface area contributed by atoms with Gasteiger partial charge in [0.1, 0.15) is 5.82 Å². The normalized spacial score (nSPS) is 12.0. The predicted molar refractivity (Wildman–Crippen MR) is 92.3 cm³/mol. The molecule has 0 bridgehead atoms. The summed E-state index contributed by atoms with van der Waals surface area (Å²) < 4.78 is 3.23. The molecule has 1 heterocycles. The topological polar surface area (TPSA) is 43.8 Å². The first-order chi connectivity index (χ1) is 9.88. The fourth-order valence-electron chi connectivity index (χ4n) is 2.62. The Morgan fingerprint density at radius 3 is 2.48 bits per heavy atom. The summed E-state index contributed by atoms with van der Waals surface area (Å²) in [6, 6.07) is 14.1. The molecule has 2 N–H and O–H groups in total. The van der Waals surface area contributed by atoms with E-state index in [0.717, 1.165) is 32.6 Å². The van der Waals surface area contributed by atoms with E-state index in [1.165, 1.54) is 0 Å². The van der Waals surface area contributed by atoms with Crippen LogP contribution in [0.5, 0.6) is 0 Å². The van der Waals surface area contributed by atoms with Crippen LogP contribution >= 0.6 is 15.9 Å². The fourth-order valence-corrected chi connectivity index (χ4v) is 3.00. The van der Waals surface area contributed by atoms with Gasteiger partial charge in [-0.3, -0.25) is 0 Å². The summed E-state index contributed by atoms with van der Waals surface area (Å²) >= 11 is 3.45. The van der Waals surface area contributed by atoms with Gasteiger partial charge in [0, 0.05) is 21.3 Å². The maximum absolute atomic E-state index is 6.20. The number of aromatic nitrogens is 2. The van der Waals surface area contributed by atoms with Crippen LogP contribution in [0.4, 0.5) is 5.69 Å². The van der Waals surface area contributed by atoms with Gasteiger partial charge in [0.2, 0.25) is 0 Å². The van der Waals surface area contributed by atoms with Crippen molar-refractivity contribution >= 4 is 32.7 Å². The highest BCUT2D eigenvalue weighted by molar-refractivity contribution is 9.10. The highest BCUT2D eigenvalue weighted by Crippen LogP contribution is 2.34. The third-order valence-electron chi connectivity index (χ3n) is 3.49. The highest BCUT2D eigenvalue weighted by Gasteiger charge is 2.23. The lowest BCUT2D eigenvalue weighted by Crippen LogP contribution is -2.22. The Kier molecular flexibility index (Phi) is 3.29. The minimum absolute atomic E-state index is 0.0784. The third-order valence-corrected chi connectivity index (χ3v) is 3.98. The van der Waals surface area contributed by atoms with E-state index in [4.69, 9.17) is 10.7 Å². The number of fused-ring (bicyclic) bond motifs is 1. The summed E-state index contributed by atoms with van der Waals surface area (Å²) in [5.41, 5.74) is 9.93. The Hall–Kier alpha value is -1.81. The van der Waals surface area contributed by atoms with E-state index in [0.29, 0.717) is 0 Å². The van der Waals surface area contributed by atoms with E-state index < -0.39 is 0 Å². The van der Waals surface area contributed by atoms with Gasteiger partial charge in [0.25, 0.3) is 0 Å². The number of nitrogen functional groups attached to an aromatic ring is 1. The molecule has 0 aliphatic heterocycles. The number of benzene rings is 2. The van der Waals surface area contributed by atoms with E-state index in [2.05, 4.69) is 47.3 Å². The van der Waals surface area contributed by atoms with Crippen LogP contribution in [-0.2, 0) is 5.54 Å². The highest BCUT2D eigenvalue weighted by atomic mass is 79.9. The van der Waals surface area contributed by atoms with E-state index in [9.17, 15) is 0 Å². The van der Waals surface area contributed by atoms with E-state index in [1.54, 1.807) is 0 Å². The summed E-state index contributed by atoms with van der Waals surface area (Å²) in [6.45, 7) is 6.54. The molecule has 0 unspecified atom stereocenters. The molecule has 0 spiro atoms. The summed E-state index contributed by atoms with van der Waals surface area (Å²) in [7, 11) is 0. The zero-order valence-corrected chi connectivity index (χ0v) is 14.0. The monoisotopic (exact) mass is 343 g/mol. The molecule has 3 nitrogen and oxygen atoms in total. The maximum Gasteiger partial charge on any atom is 0.143 e. The predicted octanol–water partition coefficient (Wildman–Crippen LogP) is 4.80. The number of nitrogens with two attached hydrogens (primary N) is 1. The minimum Gasteiger partial charge on any atom is -0.398 e. The Morgan fingerprint density at radius 1 is 1.10 bits per heavy atom. The number of rotatable bonds is 1. The second-order valence-corrected chi connectivity index (χ2v) is 7.08. The maximum atomic E-state index is 6.20. The van der Waals surface area contributed by atoms with Crippen LogP contribution in [0.25, 0.3) is 22.4 Å². The zero-order chi connectivity index (χ0) is 15.2. The van der Waals surface area contributed by atoms with Crippen LogP contribution in [0, 0.1) is 0 Å². The van der Waals surface area contributed by atoms with Crippen molar-refractivity contribution in [3.63, 3.8) is 0 Å². The number of halogens is 1. The molecule has 21 heavy (non-hydrogen) atoms. The van der Waals surface area contributed by atoms with Gasteiger partial charge in [-0.15, -0.1) is 0 Å². The van der Waals surface area contributed by atoms with Gasteiger partial charge >= 0.3 is 0 Å². The second-order valence-electron chi connectivity index (χ2n) is 6.16. The van der Waals surface area contributed by atoms with Crippen molar-refractivity contribution in [3.05, 3.63) is 46.9 Å². The molecule has 0 saturated heterocycles. The molecule has 0 amide bonds. The number of hydrogen-bond donors (Lipinski definition) is 1. The third kappa shape index (κ3) is 2.44. The first-order valence-corrected chi connectivity index (χ1v) is 7.70. The number of anilines is 1. The standard InChI is InChI=1S/C17H18BrN3/c1-17(2,3)21-15-7-5-4-6-14(15)20-16(21)12-9-8-11(18)10-13(12)19/h4-10H,19H2,1-3H3. The average molecular weight is 344 g/mol. The van der Waals surface area contributed by atoms with E-state index in [1.807, 2.05) is 36.4 Å². The summed E-state index contributed by atoms with van der Waals surface area (Å²) in [6.07, 6.45) is 0. The van der Waals surface area contributed by atoms with Crippen LogP contribution in [0.2, 0.25) is 0 Å².